The number of carbonyl (C=O) groups is 1. The minimum Gasteiger partial charge on any atom is -0.394 e. The Morgan fingerprint density at radius 1 is 0.302 bits per heavy atom. The molecule has 17 atom stereocenters. The van der Waals surface area contributed by atoms with Crippen LogP contribution in [0.1, 0.15) is 457 Å². The van der Waals surface area contributed by atoms with Gasteiger partial charge in [-0.3, -0.25) is 4.79 Å². The smallest absolute Gasteiger partial charge is 0.220 e. The van der Waals surface area contributed by atoms with Crippen molar-refractivity contribution in [2.24, 2.45) is 0 Å². The van der Waals surface area contributed by atoms with E-state index in [1.807, 2.05) is 6.08 Å². The van der Waals surface area contributed by atoms with E-state index in [2.05, 4.69) is 31.3 Å². The maximum Gasteiger partial charge on any atom is 0.220 e. The molecule has 19 heteroatoms. The lowest BCUT2D eigenvalue weighted by Gasteiger charge is -2.48. The third-order valence-corrected chi connectivity index (χ3v) is 25.0. The molecule has 116 heavy (non-hydrogen) atoms. The zero-order valence-electron chi connectivity index (χ0n) is 74.5. The van der Waals surface area contributed by atoms with E-state index in [9.17, 15) is 61.0 Å². The first-order valence-corrected chi connectivity index (χ1v) is 49.6. The number of unbranched alkanes of at least 4 members (excludes halogenated alkanes) is 65. The molecule has 0 aromatic heterocycles. The minimum atomic E-state index is -1.98. The fraction of sp³-hybridized carbons (Fsp3) is 0.948. The van der Waals surface area contributed by atoms with Gasteiger partial charge in [0.05, 0.1) is 38.6 Å². The number of hydrogen-bond acceptors (Lipinski definition) is 18. The van der Waals surface area contributed by atoms with Gasteiger partial charge in [0.2, 0.25) is 5.91 Å². The van der Waals surface area contributed by atoms with Crippen molar-refractivity contribution in [1.29, 1.82) is 0 Å². The monoisotopic (exact) mass is 1650 g/mol. The standard InChI is InChI=1S/C97H185NO18/c1-3-5-7-9-11-13-15-17-19-21-23-25-27-29-31-33-35-37-38-39-40-41-42-43-45-47-49-51-53-55-57-59-61-63-65-67-69-71-73-75-85(103)98-80(81(102)74-72-70-68-66-64-62-60-58-56-54-52-50-48-46-44-36-34-32-30-28-26-24-22-20-18-16-14-12-10-8-6-4-2)79-111-95-91(109)88(106)93(83(77-100)113-95)116-97-92(110)89(107)94(84(78-101)114-97)115-96-90(108)87(105)86(104)82(76-99)112-96/h21,23,72,74,80-84,86-97,99-102,104-110H,3-20,22,24-71,73,75-79H2,1-2H3,(H,98,103)/b23-21-,74-72+. The second-order valence-electron chi connectivity index (χ2n) is 35.6. The highest BCUT2D eigenvalue weighted by Crippen LogP contribution is 2.34. The maximum atomic E-state index is 13.6. The van der Waals surface area contributed by atoms with Gasteiger partial charge in [0.25, 0.3) is 0 Å². The molecule has 3 heterocycles. The molecule has 0 aromatic carbocycles. The van der Waals surface area contributed by atoms with E-state index < -0.39 is 124 Å². The van der Waals surface area contributed by atoms with Crippen LogP contribution < -0.4 is 5.32 Å². The lowest BCUT2D eigenvalue weighted by Crippen LogP contribution is -2.66. The summed E-state index contributed by atoms with van der Waals surface area (Å²) in [7, 11) is 0. The third-order valence-electron chi connectivity index (χ3n) is 25.0. The van der Waals surface area contributed by atoms with Crippen molar-refractivity contribution in [2.45, 2.75) is 561 Å². The molecule has 19 nitrogen and oxygen atoms in total. The van der Waals surface area contributed by atoms with Gasteiger partial charge in [0.1, 0.15) is 73.2 Å². The van der Waals surface area contributed by atoms with Crippen LogP contribution in [0.2, 0.25) is 0 Å². The third kappa shape index (κ3) is 54.1. The molecule has 0 saturated carbocycles. The molecule has 0 aromatic rings. The van der Waals surface area contributed by atoms with Crippen LogP contribution in [0.3, 0.4) is 0 Å². The highest BCUT2D eigenvalue weighted by molar-refractivity contribution is 5.76. The van der Waals surface area contributed by atoms with Crippen molar-refractivity contribution in [2.75, 3.05) is 26.4 Å². The van der Waals surface area contributed by atoms with Gasteiger partial charge < -0.3 is 89.9 Å². The maximum absolute atomic E-state index is 13.6. The van der Waals surface area contributed by atoms with Crippen molar-refractivity contribution in [3.63, 3.8) is 0 Å². The van der Waals surface area contributed by atoms with Gasteiger partial charge in [0, 0.05) is 6.42 Å². The molecule has 0 spiro atoms. The molecule has 12 N–H and O–H groups in total. The van der Waals surface area contributed by atoms with Gasteiger partial charge in [-0.05, 0) is 44.9 Å². The molecule has 3 aliphatic heterocycles. The fourth-order valence-corrected chi connectivity index (χ4v) is 17.1. The highest BCUT2D eigenvalue weighted by Gasteiger charge is 2.54. The summed E-state index contributed by atoms with van der Waals surface area (Å²) >= 11 is 0. The van der Waals surface area contributed by atoms with Crippen LogP contribution in [0.25, 0.3) is 0 Å². The van der Waals surface area contributed by atoms with Crippen LogP contribution in [0.5, 0.6) is 0 Å². The summed E-state index contributed by atoms with van der Waals surface area (Å²) in [5.74, 6) is -0.264. The first kappa shape index (κ1) is 108. The molecule has 3 aliphatic rings. The van der Waals surface area contributed by atoms with Crippen molar-refractivity contribution < 1.29 is 89.4 Å². The van der Waals surface area contributed by atoms with E-state index >= 15 is 0 Å². The Morgan fingerprint density at radius 3 is 0.836 bits per heavy atom. The number of amides is 1. The molecule has 1 amide bonds. The first-order chi connectivity index (χ1) is 56.8. The predicted molar refractivity (Wildman–Crippen MR) is 471 cm³/mol. The summed E-state index contributed by atoms with van der Waals surface area (Å²) in [6.07, 6.45) is 72.2. The molecule has 3 fully saturated rings. The SMILES string of the molecule is CCCCCCCCCC/C=C\CCCCCCCCCCCCCCCCCCCCCCCCCCCCCC(=O)NC(COC1OC(CO)C(OC2OC(CO)C(OC3OC(CO)C(O)C(O)C3O)C(O)C2O)C(O)C1O)C(O)/C=C/CCCCCCCCCCCCCCCCCCCCCCCCCCCCCCCC. The van der Waals surface area contributed by atoms with Gasteiger partial charge >= 0.3 is 0 Å². The second kappa shape index (κ2) is 76.9. The van der Waals surface area contributed by atoms with Crippen LogP contribution in [-0.4, -0.2) is 193 Å². The Morgan fingerprint density at radius 2 is 0.543 bits per heavy atom. The van der Waals surface area contributed by atoms with Crippen molar-refractivity contribution in [3.8, 4) is 0 Å². The van der Waals surface area contributed by atoms with Gasteiger partial charge in [-0.15, -0.1) is 0 Å². The van der Waals surface area contributed by atoms with E-state index in [-0.39, 0.29) is 18.9 Å². The summed E-state index contributed by atoms with van der Waals surface area (Å²) in [6, 6.07) is -0.973. The molecular weight excluding hydrogens is 1470 g/mol. The van der Waals surface area contributed by atoms with Crippen molar-refractivity contribution in [1.82, 2.24) is 5.32 Å². The van der Waals surface area contributed by atoms with Gasteiger partial charge in [-0.25, -0.2) is 0 Å². The van der Waals surface area contributed by atoms with Gasteiger partial charge in [-0.2, -0.15) is 0 Å². The van der Waals surface area contributed by atoms with Gasteiger partial charge in [-0.1, -0.05) is 430 Å². The number of nitrogens with one attached hydrogen (secondary N) is 1. The average Bonchev–Trinajstić information content (AvgIpc) is 0.779. The van der Waals surface area contributed by atoms with E-state index in [1.54, 1.807) is 6.08 Å². The number of allylic oxidation sites excluding steroid dienone is 3. The summed E-state index contributed by atoms with van der Waals surface area (Å²) in [5, 5.41) is 121. The van der Waals surface area contributed by atoms with E-state index in [4.69, 9.17) is 28.4 Å². The van der Waals surface area contributed by atoms with Crippen molar-refractivity contribution in [3.05, 3.63) is 24.3 Å². The zero-order valence-corrected chi connectivity index (χ0v) is 74.5. The zero-order chi connectivity index (χ0) is 83.8. The summed E-state index contributed by atoms with van der Waals surface area (Å²) in [5.41, 5.74) is 0. The average molecular weight is 1650 g/mol. The number of hydrogen-bond donors (Lipinski definition) is 12. The quantitative estimate of drug-likeness (QED) is 0.0199. The van der Waals surface area contributed by atoms with E-state index in [0.717, 1.165) is 44.9 Å². The number of carbonyl (C=O) groups excluding carboxylic acids is 1. The molecule has 686 valence electrons. The minimum absolute atomic E-state index is 0.250. The van der Waals surface area contributed by atoms with E-state index in [1.165, 1.54) is 385 Å². The largest absolute Gasteiger partial charge is 0.394 e. The number of aliphatic hydroxyl groups is 11. The second-order valence-corrected chi connectivity index (χ2v) is 35.6. The Bertz CT molecular complexity index is 2180. The lowest BCUT2D eigenvalue weighted by molar-refractivity contribution is -0.379. The van der Waals surface area contributed by atoms with Crippen LogP contribution in [0.4, 0.5) is 0 Å². The summed E-state index contributed by atoms with van der Waals surface area (Å²) in [6.45, 7) is 1.82. The molecular formula is C97H185NO18. The molecule has 3 saturated heterocycles. The predicted octanol–water partition coefficient (Wildman–Crippen LogP) is 20.4. The van der Waals surface area contributed by atoms with Crippen LogP contribution in [0.15, 0.2) is 24.3 Å². The molecule has 17 unspecified atom stereocenters. The molecule has 0 bridgehead atoms. The Kier molecular flexibility index (Phi) is 71.9. The summed E-state index contributed by atoms with van der Waals surface area (Å²) in [4.78, 5) is 13.6. The molecule has 0 aliphatic carbocycles. The number of rotatable bonds is 83. The number of aliphatic hydroxyl groups excluding tert-OH is 11. The molecule has 3 rings (SSSR count). The Hall–Kier alpha value is -1.73. The van der Waals surface area contributed by atoms with Crippen LogP contribution in [-0.2, 0) is 33.2 Å². The Labute approximate surface area is 709 Å². The number of ether oxygens (including phenoxy) is 6. The van der Waals surface area contributed by atoms with Crippen molar-refractivity contribution >= 4 is 5.91 Å². The van der Waals surface area contributed by atoms with E-state index in [0.29, 0.717) is 6.42 Å². The Balaban J connectivity index is 1.28. The lowest BCUT2D eigenvalue weighted by atomic mass is 9.96. The summed E-state index contributed by atoms with van der Waals surface area (Å²) < 4.78 is 34.6. The molecule has 0 radical (unpaired) electrons. The normalized spacial score (nSPS) is 24.5. The van der Waals surface area contributed by atoms with Crippen LogP contribution in [0, 0.1) is 0 Å². The first-order valence-electron chi connectivity index (χ1n) is 49.6. The topological polar surface area (TPSA) is 307 Å². The fourth-order valence-electron chi connectivity index (χ4n) is 17.1. The van der Waals surface area contributed by atoms with Crippen LogP contribution >= 0.6 is 0 Å². The van der Waals surface area contributed by atoms with Gasteiger partial charge in [0.15, 0.2) is 18.9 Å². The highest BCUT2D eigenvalue weighted by atomic mass is 16.8.